The number of allylic oxidation sites excluding steroid dienone is 3. The van der Waals surface area contributed by atoms with E-state index in [-0.39, 0.29) is 5.41 Å². The Hall–Kier alpha value is -0.720. The molecule has 0 aromatic rings. The molecule has 0 spiro atoms. The van der Waals surface area contributed by atoms with Gasteiger partial charge in [0, 0.05) is 0 Å². The molecule has 1 N–H and O–H groups in total. The molecule has 0 rings (SSSR count). The van der Waals surface area contributed by atoms with Gasteiger partial charge in [0.2, 0.25) is 0 Å². The third-order valence-electron chi connectivity index (χ3n) is 3.56. The van der Waals surface area contributed by atoms with Crippen molar-refractivity contribution in [3.05, 3.63) is 24.0 Å². The molecule has 0 saturated carbocycles. The maximum atomic E-state index is 9.69. The SMILES string of the molecule is CC/C=C(O)\C=C/C(C)C(CC(C)(C)C)C(C)(C)C. The Balaban J connectivity index is 4.93. The number of hydrogen-bond acceptors (Lipinski definition) is 1. The van der Waals surface area contributed by atoms with Gasteiger partial charge >= 0.3 is 0 Å². The molecule has 0 radical (unpaired) electrons. The minimum absolute atomic E-state index is 0.279. The molecule has 0 aliphatic carbocycles. The van der Waals surface area contributed by atoms with Gasteiger partial charge < -0.3 is 5.11 Å². The van der Waals surface area contributed by atoms with Gasteiger partial charge in [-0.3, -0.25) is 0 Å². The molecule has 112 valence electrons. The lowest BCUT2D eigenvalue weighted by Gasteiger charge is -2.38. The average Bonchev–Trinajstić information content (AvgIpc) is 2.20. The fourth-order valence-electron chi connectivity index (χ4n) is 2.60. The highest BCUT2D eigenvalue weighted by atomic mass is 16.3. The Bertz CT molecular complexity index is 310. The normalized spacial score (nSPS) is 17.8. The first-order valence-corrected chi connectivity index (χ1v) is 7.54. The summed E-state index contributed by atoms with van der Waals surface area (Å²) in [6, 6.07) is 0. The lowest BCUT2D eigenvalue weighted by atomic mass is 9.67. The minimum atomic E-state index is 0.279. The molecule has 2 unspecified atom stereocenters. The molecule has 0 amide bonds. The van der Waals surface area contributed by atoms with Gasteiger partial charge in [-0.15, -0.1) is 0 Å². The summed E-state index contributed by atoms with van der Waals surface area (Å²) in [6.45, 7) is 18.1. The molecule has 0 saturated heterocycles. The van der Waals surface area contributed by atoms with E-state index >= 15 is 0 Å². The second-order valence-electron chi connectivity index (χ2n) is 7.99. The van der Waals surface area contributed by atoms with Gasteiger partial charge in [-0.25, -0.2) is 0 Å². The van der Waals surface area contributed by atoms with Gasteiger partial charge in [-0.1, -0.05) is 61.5 Å². The maximum Gasteiger partial charge on any atom is 0.111 e. The quantitative estimate of drug-likeness (QED) is 0.469. The van der Waals surface area contributed by atoms with Crippen molar-refractivity contribution >= 4 is 0 Å². The topological polar surface area (TPSA) is 20.2 Å². The Morgan fingerprint density at radius 2 is 1.63 bits per heavy atom. The largest absolute Gasteiger partial charge is 0.508 e. The van der Waals surface area contributed by atoms with Crippen molar-refractivity contribution in [2.24, 2.45) is 22.7 Å². The average molecular weight is 266 g/mol. The minimum Gasteiger partial charge on any atom is -0.508 e. The van der Waals surface area contributed by atoms with E-state index in [0.29, 0.717) is 23.0 Å². The predicted octanol–water partition coefficient (Wildman–Crippen LogP) is 6.13. The Morgan fingerprint density at radius 3 is 2.00 bits per heavy atom. The first kappa shape index (κ1) is 18.3. The van der Waals surface area contributed by atoms with Crippen molar-refractivity contribution in [1.82, 2.24) is 0 Å². The number of aliphatic hydroxyl groups is 1. The van der Waals surface area contributed by atoms with Crippen molar-refractivity contribution in [1.29, 1.82) is 0 Å². The number of aliphatic hydroxyl groups excluding tert-OH is 1. The van der Waals surface area contributed by atoms with E-state index in [1.165, 1.54) is 6.42 Å². The zero-order valence-electron chi connectivity index (χ0n) is 14.2. The first-order valence-electron chi connectivity index (χ1n) is 7.54. The smallest absolute Gasteiger partial charge is 0.111 e. The van der Waals surface area contributed by atoms with Crippen LogP contribution in [0.2, 0.25) is 0 Å². The zero-order valence-corrected chi connectivity index (χ0v) is 14.2. The molecular weight excluding hydrogens is 232 g/mol. The van der Waals surface area contributed by atoms with E-state index in [1.807, 2.05) is 19.1 Å². The van der Waals surface area contributed by atoms with Gasteiger partial charge in [0.25, 0.3) is 0 Å². The molecule has 0 aliphatic heterocycles. The predicted molar refractivity (Wildman–Crippen MR) is 86.3 cm³/mol. The third-order valence-corrected chi connectivity index (χ3v) is 3.56. The Morgan fingerprint density at radius 1 is 1.11 bits per heavy atom. The van der Waals surface area contributed by atoms with Crippen molar-refractivity contribution < 1.29 is 5.11 Å². The fraction of sp³-hybridized carbons (Fsp3) is 0.778. The van der Waals surface area contributed by atoms with Crippen LogP contribution in [-0.2, 0) is 0 Å². The van der Waals surface area contributed by atoms with Crippen LogP contribution in [0.25, 0.3) is 0 Å². The van der Waals surface area contributed by atoms with Crippen LogP contribution in [0.15, 0.2) is 24.0 Å². The van der Waals surface area contributed by atoms with E-state index in [9.17, 15) is 5.11 Å². The highest BCUT2D eigenvalue weighted by Crippen LogP contribution is 2.41. The van der Waals surface area contributed by atoms with E-state index in [0.717, 1.165) is 6.42 Å². The van der Waals surface area contributed by atoms with Crippen molar-refractivity contribution in [3.63, 3.8) is 0 Å². The molecule has 0 bridgehead atoms. The highest BCUT2D eigenvalue weighted by molar-refractivity contribution is 5.11. The van der Waals surface area contributed by atoms with Crippen LogP contribution in [0.3, 0.4) is 0 Å². The van der Waals surface area contributed by atoms with Gasteiger partial charge in [-0.05, 0) is 47.7 Å². The first-order chi connectivity index (χ1) is 8.47. The summed E-state index contributed by atoms with van der Waals surface area (Å²) in [6.07, 6.45) is 7.92. The lowest BCUT2D eigenvalue weighted by Crippen LogP contribution is -2.30. The van der Waals surface area contributed by atoms with Gasteiger partial charge in [0.15, 0.2) is 0 Å². The summed E-state index contributed by atoms with van der Waals surface area (Å²) >= 11 is 0. The molecule has 0 fully saturated rings. The van der Waals surface area contributed by atoms with Crippen LogP contribution in [0.4, 0.5) is 0 Å². The van der Waals surface area contributed by atoms with Gasteiger partial charge in [-0.2, -0.15) is 0 Å². The van der Waals surface area contributed by atoms with Crippen LogP contribution >= 0.6 is 0 Å². The summed E-state index contributed by atoms with van der Waals surface area (Å²) < 4.78 is 0. The van der Waals surface area contributed by atoms with Gasteiger partial charge in [0.05, 0.1) is 0 Å². The molecule has 19 heavy (non-hydrogen) atoms. The van der Waals surface area contributed by atoms with E-state index in [4.69, 9.17) is 0 Å². The second kappa shape index (κ2) is 7.17. The molecule has 1 nitrogen and oxygen atoms in total. The Kier molecular flexibility index (Phi) is 6.89. The van der Waals surface area contributed by atoms with E-state index < -0.39 is 0 Å². The number of rotatable bonds is 5. The van der Waals surface area contributed by atoms with Crippen LogP contribution in [0, 0.1) is 22.7 Å². The second-order valence-corrected chi connectivity index (χ2v) is 7.99. The molecule has 0 aromatic carbocycles. The van der Waals surface area contributed by atoms with Crippen LogP contribution in [-0.4, -0.2) is 5.11 Å². The molecule has 1 heteroatoms. The molecule has 0 heterocycles. The summed E-state index contributed by atoms with van der Waals surface area (Å²) in [5.41, 5.74) is 0.614. The molecule has 0 aliphatic rings. The van der Waals surface area contributed by atoms with E-state index in [2.05, 4.69) is 54.5 Å². The lowest BCUT2D eigenvalue weighted by molar-refractivity contribution is 0.130. The molecule has 2 atom stereocenters. The van der Waals surface area contributed by atoms with Crippen molar-refractivity contribution in [2.75, 3.05) is 0 Å². The monoisotopic (exact) mass is 266 g/mol. The number of hydrogen-bond donors (Lipinski definition) is 1. The van der Waals surface area contributed by atoms with Crippen LogP contribution in [0.1, 0.15) is 68.2 Å². The summed E-state index contributed by atoms with van der Waals surface area (Å²) in [5.74, 6) is 1.46. The zero-order chi connectivity index (χ0) is 15.3. The summed E-state index contributed by atoms with van der Waals surface area (Å²) in [7, 11) is 0. The van der Waals surface area contributed by atoms with Crippen molar-refractivity contribution in [3.8, 4) is 0 Å². The van der Waals surface area contributed by atoms with Crippen LogP contribution in [0.5, 0.6) is 0 Å². The fourth-order valence-corrected chi connectivity index (χ4v) is 2.60. The summed E-state index contributed by atoms with van der Waals surface area (Å²) in [5, 5.41) is 9.69. The van der Waals surface area contributed by atoms with Gasteiger partial charge in [0.1, 0.15) is 5.76 Å². The molecule has 0 aromatic heterocycles. The standard InChI is InChI=1S/C18H34O/c1-9-10-15(19)12-11-14(2)16(18(6,7)8)13-17(3,4)5/h10-12,14,16,19H,9,13H2,1-8H3/b12-11-,15-10+. The summed E-state index contributed by atoms with van der Waals surface area (Å²) in [4.78, 5) is 0. The van der Waals surface area contributed by atoms with E-state index in [1.54, 1.807) is 0 Å². The van der Waals surface area contributed by atoms with Crippen LogP contribution < -0.4 is 0 Å². The van der Waals surface area contributed by atoms with Crippen molar-refractivity contribution in [2.45, 2.75) is 68.2 Å². The maximum absolute atomic E-state index is 9.69. The Labute approximate surface area is 120 Å². The third kappa shape index (κ3) is 8.13. The molecular formula is C18H34O. The highest BCUT2D eigenvalue weighted by Gasteiger charge is 2.31.